The predicted octanol–water partition coefficient (Wildman–Crippen LogP) is 5.32. The monoisotopic (exact) mass is 506 g/mol. The molecule has 0 spiro atoms. The largest absolute Gasteiger partial charge is 0.484 e. The molecule has 0 radical (unpaired) electrons. The molecule has 0 saturated heterocycles. The number of nitrogens with one attached hydrogen (secondary N) is 1. The Labute approximate surface area is 214 Å². The highest BCUT2D eigenvalue weighted by Gasteiger charge is 2.29. The van der Waals surface area contributed by atoms with Crippen LogP contribution in [0.2, 0.25) is 0 Å². The molecule has 0 saturated carbocycles. The molecular formula is C29H34N2O4S. The summed E-state index contributed by atoms with van der Waals surface area (Å²) < 4.78 is 34.1. The molecule has 0 aliphatic carbocycles. The summed E-state index contributed by atoms with van der Waals surface area (Å²) >= 11 is 0. The summed E-state index contributed by atoms with van der Waals surface area (Å²) in [5.41, 5.74) is 7.07. The number of nitrogens with zero attached hydrogens (tertiary/aromatic N) is 1. The third-order valence-corrected chi connectivity index (χ3v) is 8.70. The molecule has 1 N–H and O–H groups in total. The molecule has 4 rings (SSSR count). The standard InChI is InChI=1S/C29H34N2O4S/c1-19-15-21(3)26(17-20(19)2)23(5)30-29(32)18-35-28-13-12-25(16-22(28)4)36(33,34)31-14-8-10-24-9-6-7-11-27(24)31/h6-7,9,11-13,15-17,23H,8,10,14,18H2,1-5H3,(H,30,32). The van der Waals surface area contributed by atoms with Gasteiger partial charge in [0, 0.05) is 6.54 Å². The Hall–Kier alpha value is -3.32. The molecule has 190 valence electrons. The molecule has 1 aliphatic heterocycles. The quantitative estimate of drug-likeness (QED) is 0.471. The number of hydrogen-bond acceptors (Lipinski definition) is 4. The van der Waals surface area contributed by atoms with Gasteiger partial charge in [-0.1, -0.05) is 30.3 Å². The lowest BCUT2D eigenvalue weighted by Gasteiger charge is -2.30. The normalized spacial score (nSPS) is 14.2. The highest BCUT2D eigenvalue weighted by molar-refractivity contribution is 7.92. The van der Waals surface area contributed by atoms with Crippen molar-refractivity contribution in [2.24, 2.45) is 0 Å². The van der Waals surface area contributed by atoms with Crippen LogP contribution in [0.25, 0.3) is 0 Å². The number of para-hydroxylation sites is 1. The second-order valence-corrected chi connectivity index (χ2v) is 11.5. The van der Waals surface area contributed by atoms with E-state index in [-0.39, 0.29) is 23.5 Å². The Morgan fingerprint density at radius 2 is 1.69 bits per heavy atom. The van der Waals surface area contributed by atoms with Crippen LogP contribution >= 0.6 is 0 Å². The van der Waals surface area contributed by atoms with Crippen molar-refractivity contribution in [1.29, 1.82) is 0 Å². The van der Waals surface area contributed by atoms with Crippen LogP contribution in [0, 0.1) is 27.7 Å². The number of aryl methyl sites for hydroxylation is 5. The van der Waals surface area contributed by atoms with Crippen molar-refractivity contribution < 1.29 is 17.9 Å². The summed E-state index contributed by atoms with van der Waals surface area (Å²) in [6.45, 7) is 10.2. The molecule has 6 nitrogen and oxygen atoms in total. The molecule has 1 heterocycles. The van der Waals surface area contributed by atoms with E-state index in [2.05, 4.69) is 31.3 Å². The van der Waals surface area contributed by atoms with Gasteiger partial charge in [0.2, 0.25) is 0 Å². The third-order valence-electron chi connectivity index (χ3n) is 6.89. The molecule has 1 unspecified atom stereocenters. The van der Waals surface area contributed by atoms with E-state index in [1.807, 2.05) is 38.1 Å². The van der Waals surface area contributed by atoms with Gasteiger partial charge in [-0.3, -0.25) is 9.10 Å². The Kier molecular flexibility index (Phi) is 7.41. The summed E-state index contributed by atoms with van der Waals surface area (Å²) in [4.78, 5) is 12.8. The van der Waals surface area contributed by atoms with Crippen LogP contribution in [0.4, 0.5) is 5.69 Å². The van der Waals surface area contributed by atoms with Gasteiger partial charge in [0.15, 0.2) is 6.61 Å². The van der Waals surface area contributed by atoms with Gasteiger partial charge in [0.1, 0.15) is 5.75 Å². The highest BCUT2D eigenvalue weighted by Crippen LogP contribution is 2.33. The van der Waals surface area contributed by atoms with Crippen LogP contribution in [-0.4, -0.2) is 27.5 Å². The van der Waals surface area contributed by atoms with Crippen LogP contribution in [0.15, 0.2) is 59.5 Å². The minimum absolute atomic E-state index is 0.151. The molecule has 0 fully saturated rings. The molecule has 7 heteroatoms. The van der Waals surface area contributed by atoms with Gasteiger partial charge in [-0.05, 0) is 105 Å². The van der Waals surface area contributed by atoms with E-state index in [0.29, 0.717) is 17.9 Å². The van der Waals surface area contributed by atoms with Crippen molar-refractivity contribution in [2.45, 2.75) is 58.4 Å². The maximum absolute atomic E-state index is 13.4. The first-order chi connectivity index (χ1) is 17.1. The fourth-order valence-electron chi connectivity index (χ4n) is 4.77. The minimum atomic E-state index is -3.70. The molecule has 3 aromatic rings. The zero-order valence-electron chi connectivity index (χ0n) is 21.6. The van der Waals surface area contributed by atoms with E-state index in [0.717, 1.165) is 35.2 Å². The van der Waals surface area contributed by atoms with Crippen LogP contribution in [0.1, 0.15) is 52.8 Å². The SMILES string of the molecule is Cc1cc(C)c(C(C)NC(=O)COc2ccc(S(=O)(=O)N3CCCc4ccccc43)cc2C)cc1C. The first kappa shape index (κ1) is 25.8. The number of hydrogen-bond donors (Lipinski definition) is 1. The number of sulfonamides is 1. The number of ether oxygens (including phenoxy) is 1. The number of fused-ring (bicyclic) bond motifs is 1. The lowest BCUT2D eigenvalue weighted by molar-refractivity contribution is -0.123. The van der Waals surface area contributed by atoms with Crippen molar-refractivity contribution in [2.75, 3.05) is 17.5 Å². The van der Waals surface area contributed by atoms with E-state index in [1.54, 1.807) is 25.1 Å². The van der Waals surface area contributed by atoms with Gasteiger partial charge in [-0.2, -0.15) is 0 Å². The number of rotatable bonds is 7. The van der Waals surface area contributed by atoms with Crippen LogP contribution in [0.5, 0.6) is 5.75 Å². The first-order valence-corrected chi connectivity index (χ1v) is 13.7. The Morgan fingerprint density at radius 1 is 0.972 bits per heavy atom. The van der Waals surface area contributed by atoms with Gasteiger partial charge in [-0.25, -0.2) is 8.42 Å². The molecule has 0 bridgehead atoms. The van der Waals surface area contributed by atoms with Gasteiger partial charge in [0.25, 0.3) is 15.9 Å². The van der Waals surface area contributed by atoms with Crippen LogP contribution < -0.4 is 14.4 Å². The van der Waals surface area contributed by atoms with Gasteiger partial charge in [-0.15, -0.1) is 0 Å². The Balaban J connectivity index is 1.43. The predicted molar refractivity (Wildman–Crippen MR) is 143 cm³/mol. The van der Waals surface area contributed by atoms with Gasteiger partial charge in [0.05, 0.1) is 16.6 Å². The molecule has 3 aromatic carbocycles. The third kappa shape index (κ3) is 5.26. The smallest absolute Gasteiger partial charge is 0.264 e. The number of carbonyl (C=O) groups excluding carboxylic acids is 1. The summed E-state index contributed by atoms with van der Waals surface area (Å²) in [5.74, 6) is 0.249. The van der Waals surface area contributed by atoms with E-state index < -0.39 is 10.0 Å². The molecule has 1 atom stereocenters. The number of amides is 1. The van der Waals surface area contributed by atoms with Crippen molar-refractivity contribution in [3.8, 4) is 5.75 Å². The highest BCUT2D eigenvalue weighted by atomic mass is 32.2. The fourth-order valence-corrected chi connectivity index (χ4v) is 6.40. The second-order valence-electron chi connectivity index (χ2n) is 9.61. The molecule has 0 aromatic heterocycles. The van der Waals surface area contributed by atoms with Crippen molar-refractivity contribution >= 4 is 21.6 Å². The van der Waals surface area contributed by atoms with Gasteiger partial charge < -0.3 is 10.1 Å². The Bertz CT molecular complexity index is 1400. The van der Waals surface area contributed by atoms with E-state index in [9.17, 15) is 13.2 Å². The summed E-state index contributed by atoms with van der Waals surface area (Å²) in [7, 11) is -3.70. The number of carbonyl (C=O) groups is 1. The maximum atomic E-state index is 13.4. The van der Waals surface area contributed by atoms with Crippen LogP contribution in [-0.2, 0) is 21.2 Å². The maximum Gasteiger partial charge on any atom is 0.264 e. The Morgan fingerprint density at radius 3 is 2.44 bits per heavy atom. The summed E-state index contributed by atoms with van der Waals surface area (Å²) in [6.07, 6.45) is 1.66. The van der Waals surface area contributed by atoms with E-state index >= 15 is 0 Å². The summed E-state index contributed by atoms with van der Waals surface area (Å²) in [6, 6.07) is 16.5. The van der Waals surface area contributed by atoms with E-state index in [4.69, 9.17) is 4.74 Å². The van der Waals surface area contributed by atoms with Gasteiger partial charge >= 0.3 is 0 Å². The average molecular weight is 507 g/mol. The zero-order chi connectivity index (χ0) is 26.0. The molecular weight excluding hydrogens is 472 g/mol. The topological polar surface area (TPSA) is 75.7 Å². The van der Waals surface area contributed by atoms with Crippen molar-refractivity contribution in [3.63, 3.8) is 0 Å². The molecule has 1 amide bonds. The number of benzene rings is 3. The molecule has 1 aliphatic rings. The lowest BCUT2D eigenvalue weighted by Crippen LogP contribution is -2.35. The van der Waals surface area contributed by atoms with Crippen molar-refractivity contribution in [1.82, 2.24) is 5.32 Å². The van der Waals surface area contributed by atoms with E-state index in [1.165, 1.54) is 15.4 Å². The fraction of sp³-hybridized carbons (Fsp3) is 0.345. The second kappa shape index (κ2) is 10.3. The van der Waals surface area contributed by atoms with Crippen molar-refractivity contribution in [3.05, 3.63) is 88.0 Å². The minimum Gasteiger partial charge on any atom is -0.484 e. The lowest BCUT2D eigenvalue weighted by atomic mass is 9.96. The zero-order valence-corrected chi connectivity index (χ0v) is 22.4. The number of anilines is 1. The first-order valence-electron chi connectivity index (χ1n) is 12.3. The summed E-state index contributed by atoms with van der Waals surface area (Å²) in [5, 5.41) is 2.99. The molecule has 36 heavy (non-hydrogen) atoms. The van der Waals surface area contributed by atoms with Crippen LogP contribution in [0.3, 0.4) is 0 Å². The average Bonchev–Trinajstić information content (AvgIpc) is 2.85.